The molecule has 0 bridgehead atoms. The van der Waals surface area contributed by atoms with Crippen molar-refractivity contribution in [1.82, 2.24) is 44.5 Å². The number of benzene rings is 1. The molecule has 0 amide bonds. The average Bonchev–Trinajstić information content (AvgIpc) is 3.70. The molecule has 0 saturated carbocycles. The first-order valence-electron chi connectivity index (χ1n) is 12.2. The number of para-hydroxylation sites is 1. The molecule has 7 rings (SSSR count). The highest BCUT2D eigenvalue weighted by Gasteiger charge is 2.51. The third-order valence-corrected chi connectivity index (χ3v) is 7.20. The summed E-state index contributed by atoms with van der Waals surface area (Å²) in [6.07, 6.45) is 6.86. The van der Waals surface area contributed by atoms with E-state index in [-0.39, 0.29) is 5.89 Å². The molecule has 1 aromatic carbocycles. The first-order chi connectivity index (χ1) is 18.8. The van der Waals surface area contributed by atoms with Crippen LogP contribution < -0.4 is 16.9 Å². The number of rotatable bonds is 4. The molecular formula is C26H23FN10O2. The van der Waals surface area contributed by atoms with Gasteiger partial charge in [-0.15, -0.1) is 5.10 Å². The summed E-state index contributed by atoms with van der Waals surface area (Å²) < 4.78 is 23.5. The van der Waals surface area contributed by atoms with Gasteiger partial charge in [-0.2, -0.15) is 9.78 Å². The molecule has 196 valence electrons. The highest BCUT2D eigenvalue weighted by molar-refractivity contribution is 5.86. The maximum atomic E-state index is 13.5. The lowest BCUT2D eigenvalue weighted by Gasteiger charge is -2.39. The summed E-state index contributed by atoms with van der Waals surface area (Å²) in [6, 6.07) is 10.4. The molecule has 1 aliphatic heterocycles. The monoisotopic (exact) mass is 526 g/mol. The molecule has 12 nitrogen and oxygen atoms in total. The lowest BCUT2D eigenvalue weighted by molar-refractivity contribution is 0.282. The zero-order valence-corrected chi connectivity index (χ0v) is 21.0. The molecule has 4 N–H and O–H groups in total. The van der Waals surface area contributed by atoms with Gasteiger partial charge >= 0.3 is 5.76 Å². The van der Waals surface area contributed by atoms with E-state index < -0.39 is 23.2 Å². The second kappa shape index (κ2) is 8.23. The molecule has 6 aromatic rings. The number of halogens is 1. The molecule has 0 radical (unpaired) electrons. The summed E-state index contributed by atoms with van der Waals surface area (Å²) in [5, 5.41) is 13.6. The van der Waals surface area contributed by atoms with Crippen molar-refractivity contribution in [1.29, 1.82) is 0 Å². The minimum absolute atomic E-state index is 0.149. The van der Waals surface area contributed by atoms with Crippen LogP contribution in [0, 0.1) is 5.82 Å². The highest BCUT2D eigenvalue weighted by Crippen LogP contribution is 2.45. The van der Waals surface area contributed by atoms with Crippen LogP contribution in [0.4, 0.5) is 4.39 Å². The molecule has 39 heavy (non-hydrogen) atoms. The Kier molecular flexibility index (Phi) is 4.88. The van der Waals surface area contributed by atoms with Crippen molar-refractivity contribution in [2.45, 2.75) is 18.0 Å². The fourth-order valence-electron chi connectivity index (χ4n) is 5.43. The number of aromatic nitrogens is 8. The molecule has 6 heterocycles. The summed E-state index contributed by atoms with van der Waals surface area (Å²) in [7, 11) is 3.35. The number of pyridine rings is 1. The summed E-state index contributed by atoms with van der Waals surface area (Å²) in [5.41, 5.74) is 3.16. The second-order valence-corrected chi connectivity index (χ2v) is 9.63. The van der Waals surface area contributed by atoms with Crippen LogP contribution in [-0.4, -0.2) is 39.2 Å². The maximum Gasteiger partial charge on any atom is 0.436 e. The second-order valence-electron chi connectivity index (χ2n) is 9.63. The fourth-order valence-corrected chi connectivity index (χ4v) is 5.43. The number of fused-ring (bicyclic) bond motifs is 3. The predicted octanol–water partition coefficient (Wildman–Crippen LogP) is 1.88. The molecule has 0 spiro atoms. The van der Waals surface area contributed by atoms with Gasteiger partial charge in [-0.05, 0) is 30.2 Å². The number of aromatic amines is 1. The van der Waals surface area contributed by atoms with Crippen molar-refractivity contribution in [2.75, 3.05) is 5.84 Å². The van der Waals surface area contributed by atoms with Gasteiger partial charge in [-0.3, -0.25) is 19.7 Å². The number of nitrogen functional groups attached to an aromatic ring is 1. The van der Waals surface area contributed by atoms with Crippen molar-refractivity contribution in [2.24, 2.45) is 14.1 Å². The molecule has 0 fully saturated rings. The molecule has 0 saturated heterocycles. The van der Waals surface area contributed by atoms with E-state index in [0.717, 1.165) is 33.0 Å². The van der Waals surface area contributed by atoms with E-state index in [1.165, 1.54) is 17.8 Å². The molecule has 5 aromatic heterocycles. The van der Waals surface area contributed by atoms with Crippen LogP contribution in [0.2, 0.25) is 0 Å². The summed E-state index contributed by atoms with van der Waals surface area (Å²) in [6.45, 7) is 0. The quantitative estimate of drug-likeness (QED) is 0.295. The summed E-state index contributed by atoms with van der Waals surface area (Å²) in [4.78, 5) is 25.0. The minimum atomic E-state index is -1.23. The van der Waals surface area contributed by atoms with E-state index in [2.05, 4.69) is 25.5 Å². The summed E-state index contributed by atoms with van der Waals surface area (Å²) in [5.74, 6) is 6.07. The van der Waals surface area contributed by atoms with E-state index in [0.29, 0.717) is 29.2 Å². The van der Waals surface area contributed by atoms with Gasteiger partial charge in [0.15, 0.2) is 5.54 Å². The van der Waals surface area contributed by atoms with Crippen LogP contribution in [0.3, 0.4) is 0 Å². The minimum Gasteiger partial charge on any atom is -0.389 e. The Bertz CT molecular complexity index is 1910. The molecule has 0 aliphatic carbocycles. The van der Waals surface area contributed by atoms with Crippen molar-refractivity contribution >= 4 is 10.9 Å². The SMILES string of the molecule is Cn1cc(C2(c3nn(C)c(=O)o3)N[C@@H](c3nc(-c4ccc(F)cn4)cn3N)Cc3c2[nH]c2ccccc32)cn1. The van der Waals surface area contributed by atoms with E-state index in [4.69, 9.17) is 15.2 Å². The van der Waals surface area contributed by atoms with Gasteiger partial charge in [0.2, 0.25) is 5.89 Å². The largest absolute Gasteiger partial charge is 0.436 e. The zero-order chi connectivity index (χ0) is 26.9. The molecule has 1 aliphatic rings. The Balaban J connectivity index is 1.48. The van der Waals surface area contributed by atoms with Crippen LogP contribution in [-0.2, 0) is 26.1 Å². The number of imidazole rings is 1. The number of hydrogen-bond acceptors (Lipinski definition) is 8. The lowest BCUT2D eigenvalue weighted by atomic mass is 9.79. The van der Waals surface area contributed by atoms with Gasteiger partial charge < -0.3 is 15.2 Å². The Morgan fingerprint density at radius 3 is 2.69 bits per heavy atom. The Labute approximate surface area is 219 Å². The average molecular weight is 527 g/mol. The predicted molar refractivity (Wildman–Crippen MR) is 138 cm³/mol. The van der Waals surface area contributed by atoms with Crippen LogP contribution in [0.25, 0.3) is 22.3 Å². The number of hydrogen-bond donors (Lipinski definition) is 3. The number of nitrogens with two attached hydrogens (primary N) is 1. The molecule has 13 heteroatoms. The Morgan fingerprint density at radius 1 is 1.13 bits per heavy atom. The van der Waals surface area contributed by atoms with Crippen molar-refractivity contribution < 1.29 is 8.81 Å². The fraction of sp³-hybridized carbons (Fsp3) is 0.192. The Morgan fingerprint density at radius 2 is 1.97 bits per heavy atom. The number of nitrogens with one attached hydrogen (secondary N) is 2. The van der Waals surface area contributed by atoms with Crippen LogP contribution in [0.1, 0.15) is 34.6 Å². The van der Waals surface area contributed by atoms with Crippen LogP contribution in [0.15, 0.2) is 70.4 Å². The molecule has 2 atom stereocenters. The first kappa shape index (κ1) is 23.1. The van der Waals surface area contributed by atoms with E-state index in [1.807, 2.05) is 37.5 Å². The smallest absolute Gasteiger partial charge is 0.389 e. The van der Waals surface area contributed by atoms with Crippen molar-refractivity contribution in [3.8, 4) is 11.4 Å². The number of aryl methyl sites for hydroxylation is 2. The lowest BCUT2D eigenvalue weighted by Crippen LogP contribution is -2.51. The van der Waals surface area contributed by atoms with Gasteiger partial charge in [-0.1, -0.05) is 18.2 Å². The van der Waals surface area contributed by atoms with Crippen LogP contribution >= 0.6 is 0 Å². The van der Waals surface area contributed by atoms with Gasteiger partial charge in [0.25, 0.3) is 0 Å². The first-order valence-corrected chi connectivity index (χ1v) is 12.2. The van der Waals surface area contributed by atoms with Gasteiger partial charge in [0.05, 0.1) is 36.0 Å². The van der Waals surface area contributed by atoms with E-state index in [9.17, 15) is 9.18 Å². The standard InChI is InChI=1S/C26H23FN10O2/c1-35-12-14(10-30-35)26(24-34-36(2)25(38)39-24)22-17(16-5-3-4-6-18(16)31-22)9-20(33-26)23-32-21(13-37(23)28)19-8-7-15(27)11-29-19/h3-8,10-13,20,31,33H,9,28H2,1-2H3/t20-,26?/m1/s1. The van der Waals surface area contributed by atoms with Crippen molar-refractivity contribution in [3.63, 3.8) is 0 Å². The summed E-state index contributed by atoms with van der Waals surface area (Å²) >= 11 is 0. The molecular weight excluding hydrogens is 503 g/mol. The highest BCUT2D eigenvalue weighted by atomic mass is 19.1. The van der Waals surface area contributed by atoms with Gasteiger partial charge in [-0.25, -0.2) is 14.2 Å². The number of nitrogens with zero attached hydrogens (tertiary/aromatic N) is 7. The van der Waals surface area contributed by atoms with Gasteiger partial charge in [0.1, 0.15) is 17.3 Å². The van der Waals surface area contributed by atoms with E-state index >= 15 is 0 Å². The molecule has 1 unspecified atom stereocenters. The van der Waals surface area contributed by atoms with Crippen molar-refractivity contribution in [3.05, 3.63) is 106 Å². The third kappa shape index (κ3) is 3.43. The topological polar surface area (TPSA) is 150 Å². The zero-order valence-electron chi connectivity index (χ0n) is 21.0. The normalized spacial score (nSPS) is 19.0. The Hall–Kier alpha value is -5.04. The van der Waals surface area contributed by atoms with Crippen LogP contribution in [0.5, 0.6) is 0 Å². The maximum absolute atomic E-state index is 13.5. The van der Waals surface area contributed by atoms with E-state index in [1.54, 1.807) is 23.1 Å². The van der Waals surface area contributed by atoms with Gasteiger partial charge in [0, 0.05) is 36.8 Å². The number of H-pyrrole nitrogens is 1. The third-order valence-electron chi connectivity index (χ3n) is 7.20.